The lowest BCUT2D eigenvalue weighted by molar-refractivity contribution is 0.0935. The first-order chi connectivity index (χ1) is 6.69. The third-order valence-electron chi connectivity index (χ3n) is 3.01. The van der Waals surface area contributed by atoms with Crippen LogP contribution in [0.1, 0.15) is 20.3 Å². The molecule has 0 saturated heterocycles. The molecule has 1 N–H and O–H groups in total. The summed E-state index contributed by atoms with van der Waals surface area (Å²) in [5.41, 5.74) is 0.00449. The van der Waals surface area contributed by atoms with Gasteiger partial charge in [0.25, 0.3) is 0 Å². The van der Waals surface area contributed by atoms with E-state index in [-0.39, 0.29) is 5.60 Å². The van der Waals surface area contributed by atoms with Crippen LogP contribution in [0, 0.1) is 0 Å². The van der Waals surface area contributed by atoms with Gasteiger partial charge in [-0.3, -0.25) is 0 Å². The Bertz CT molecular complexity index is 323. The number of nitrogens with zero attached hydrogens (tertiary/aromatic N) is 2. The largest absolute Gasteiger partial charge is 0.376 e. The Hall–Kier alpha value is -1.03. The van der Waals surface area contributed by atoms with Crippen molar-refractivity contribution < 1.29 is 4.74 Å². The fourth-order valence-corrected chi connectivity index (χ4v) is 1.64. The second-order valence-corrected chi connectivity index (χ2v) is 3.95. The Kier molecular flexibility index (Phi) is 2.23. The van der Waals surface area contributed by atoms with Gasteiger partial charge in [0.15, 0.2) is 0 Å². The highest BCUT2D eigenvalue weighted by Crippen LogP contribution is 2.40. The lowest BCUT2D eigenvalue weighted by Gasteiger charge is -2.11. The SMILES string of the molecule is CCn1ccnc1NC1CC1(C)OC. The minimum atomic E-state index is 0.00449. The van der Waals surface area contributed by atoms with Crippen molar-refractivity contribution >= 4 is 5.95 Å². The molecule has 78 valence electrons. The van der Waals surface area contributed by atoms with E-state index < -0.39 is 0 Å². The smallest absolute Gasteiger partial charge is 0.203 e. The van der Waals surface area contributed by atoms with Crippen LogP contribution in [0.4, 0.5) is 5.95 Å². The number of aryl methyl sites for hydroxylation is 1. The number of methoxy groups -OCH3 is 1. The lowest BCUT2D eigenvalue weighted by Crippen LogP contribution is -2.20. The molecule has 1 saturated carbocycles. The Morgan fingerprint density at radius 3 is 3.14 bits per heavy atom. The number of nitrogens with one attached hydrogen (secondary N) is 1. The molecule has 0 aromatic carbocycles. The fraction of sp³-hybridized carbons (Fsp3) is 0.700. The summed E-state index contributed by atoms with van der Waals surface area (Å²) in [6.07, 6.45) is 4.85. The molecule has 1 aromatic rings. The molecule has 0 aliphatic heterocycles. The molecule has 4 nitrogen and oxygen atoms in total. The van der Waals surface area contributed by atoms with E-state index in [9.17, 15) is 0 Å². The van der Waals surface area contributed by atoms with Gasteiger partial charge in [0.1, 0.15) is 0 Å². The number of rotatable bonds is 4. The summed E-state index contributed by atoms with van der Waals surface area (Å²) in [6.45, 7) is 5.16. The van der Waals surface area contributed by atoms with Gasteiger partial charge in [-0.1, -0.05) is 0 Å². The zero-order valence-corrected chi connectivity index (χ0v) is 8.95. The highest BCUT2D eigenvalue weighted by Gasteiger charge is 2.51. The van der Waals surface area contributed by atoms with Crippen molar-refractivity contribution in [1.82, 2.24) is 9.55 Å². The van der Waals surface area contributed by atoms with Gasteiger partial charge in [-0.15, -0.1) is 0 Å². The first-order valence-corrected chi connectivity index (χ1v) is 5.02. The van der Waals surface area contributed by atoms with Crippen LogP contribution in [-0.4, -0.2) is 28.3 Å². The van der Waals surface area contributed by atoms with Crippen molar-refractivity contribution in [3.63, 3.8) is 0 Å². The summed E-state index contributed by atoms with van der Waals surface area (Å²) in [6, 6.07) is 0.403. The number of anilines is 1. The standard InChI is InChI=1S/C10H17N3O/c1-4-13-6-5-11-9(13)12-8-7-10(8,2)14-3/h5-6,8H,4,7H2,1-3H3,(H,11,12). The van der Waals surface area contributed by atoms with Gasteiger partial charge in [-0.05, 0) is 13.8 Å². The summed E-state index contributed by atoms with van der Waals surface area (Å²) in [7, 11) is 1.76. The van der Waals surface area contributed by atoms with Crippen molar-refractivity contribution in [2.24, 2.45) is 0 Å². The molecule has 1 aromatic heterocycles. The predicted octanol–water partition coefficient (Wildman–Crippen LogP) is 1.49. The second kappa shape index (κ2) is 3.28. The van der Waals surface area contributed by atoms with Gasteiger partial charge >= 0.3 is 0 Å². The average molecular weight is 195 g/mol. The Morgan fingerprint density at radius 2 is 2.57 bits per heavy atom. The molecule has 0 spiro atoms. The van der Waals surface area contributed by atoms with Crippen LogP contribution in [0.3, 0.4) is 0 Å². The highest BCUT2D eigenvalue weighted by molar-refractivity contribution is 5.34. The van der Waals surface area contributed by atoms with Gasteiger partial charge in [0.2, 0.25) is 5.95 Å². The van der Waals surface area contributed by atoms with Gasteiger partial charge in [-0.25, -0.2) is 4.98 Å². The van der Waals surface area contributed by atoms with E-state index in [0.717, 1.165) is 18.9 Å². The Labute approximate surface area is 84.3 Å². The fourth-order valence-electron chi connectivity index (χ4n) is 1.64. The van der Waals surface area contributed by atoms with E-state index in [1.165, 1.54) is 0 Å². The third-order valence-corrected chi connectivity index (χ3v) is 3.01. The number of ether oxygens (including phenoxy) is 1. The van der Waals surface area contributed by atoms with Crippen LogP contribution in [0.15, 0.2) is 12.4 Å². The first kappa shape index (κ1) is 9.52. The summed E-state index contributed by atoms with van der Waals surface area (Å²) in [4.78, 5) is 4.26. The van der Waals surface area contributed by atoms with E-state index in [1.54, 1.807) is 7.11 Å². The maximum atomic E-state index is 5.38. The summed E-state index contributed by atoms with van der Waals surface area (Å²) >= 11 is 0. The number of hydrogen-bond donors (Lipinski definition) is 1. The first-order valence-electron chi connectivity index (χ1n) is 5.02. The zero-order valence-electron chi connectivity index (χ0n) is 8.95. The maximum Gasteiger partial charge on any atom is 0.203 e. The van der Waals surface area contributed by atoms with Crippen molar-refractivity contribution in [2.45, 2.75) is 38.5 Å². The lowest BCUT2D eigenvalue weighted by atomic mass is 10.4. The van der Waals surface area contributed by atoms with Gasteiger partial charge in [-0.2, -0.15) is 0 Å². The van der Waals surface area contributed by atoms with E-state index in [0.29, 0.717) is 6.04 Å². The van der Waals surface area contributed by atoms with Crippen molar-refractivity contribution in [1.29, 1.82) is 0 Å². The van der Waals surface area contributed by atoms with Gasteiger partial charge in [0, 0.05) is 32.5 Å². The molecule has 1 fully saturated rings. The predicted molar refractivity (Wildman–Crippen MR) is 55.3 cm³/mol. The van der Waals surface area contributed by atoms with Crippen molar-refractivity contribution in [2.75, 3.05) is 12.4 Å². The van der Waals surface area contributed by atoms with Gasteiger partial charge in [0.05, 0.1) is 11.6 Å². The topological polar surface area (TPSA) is 39.1 Å². The summed E-state index contributed by atoms with van der Waals surface area (Å²) < 4.78 is 7.48. The minimum Gasteiger partial charge on any atom is -0.376 e. The molecule has 2 unspecified atom stereocenters. The van der Waals surface area contributed by atoms with Crippen LogP contribution in [0.5, 0.6) is 0 Å². The van der Waals surface area contributed by atoms with E-state index in [2.05, 4.69) is 28.7 Å². The molecule has 2 atom stereocenters. The van der Waals surface area contributed by atoms with Crippen LogP contribution in [0.25, 0.3) is 0 Å². The number of aromatic nitrogens is 2. The summed E-state index contributed by atoms with van der Waals surface area (Å²) in [5.74, 6) is 0.943. The Morgan fingerprint density at radius 1 is 1.79 bits per heavy atom. The van der Waals surface area contributed by atoms with Crippen LogP contribution in [0.2, 0.25) is 0 Å². The molecule has 4 heteroatoms. The molecule has 0 amide bonds. The van der Waals surface area contributed by atoms with E-state index in [1.807, 2.05) is 12.4 Å². The normalized spacial score (nSPS) is 30.4. The average Bonchev–Trinajstić information content (AvgIpc) is 2.62. The van der Waals surface area contributed by atoms with Gasteiger partial charge < -0.3 is 14.6 Å². The maximum absolute atomic E-state index is 5.38. The number of hydrogen-bond acceptors (Lipinski definition) is 3. The highest BCUT2D eigenvalue weighted by atomic mass is 16.5. The van der Waals surface area contributed by atoms with E-state index in [4.69, 9.17) is 4.74 Å². The zero-order chi connectivity index (χ0) is 10.2. The second-order valence-electron chi connectivity index (χ2n) is 3.95. The quantitative estimate of drug-likeness (QED) is 0.791. The molecule has 0 radical (unpaired) electrons. The van der Waals surface area contributed by atoms with Crippen molar-refractivity contribution in [3.05, 3.63) is 12.4 Å². The molecular weight excluding hydrogens is 178 g/mol. The summed E-state index contributed by atoms with van der Waals surface area (Å²) in [5, 5.41) is 3.38. The molecule has 1 aliphatic rings. The van der Waals surface area contributed by atoms with Crippen LogP contribution in [-0.2, 0) is 11.3 Å². The van der Waals surface area contributed by atoms with Crippen LogP contribution < -0.4 is 5.32 Å². The molecule has 0 bridgehead atoms. The minimum absolute atomic E-state index is 0.00449. The number of imidazole rings is 1. The molecule has 1 heterocycles. The molecular formula is C10H17N3O. The van der Waals surface area contributed by atoms with Crippen molar-refractivity contribution in [3.8, 4) is 0 Å². The monoisotopic (exact) mass is 195 g/mol. The van der Waals surface area contributed by atoms with Crippen LogP contribution >= 0.6 is 0 Å². The third kappa shape index (κ3) is 1.50. The molecule has 14 heavy (non-hydrogen) atoms. The molecule has 1 aliphatic carbocycles. The van der Waals surface area contributed by atoms with E-state index >= 15 is 0 Å². The molecule has 2 rings (SSSR count). The Balaban J connectivity index is 1.99.